The normalized spacial score (nSPS) is 13.8. The van der Waals surface area contributed by atoms with E-state index in [4.69, 9.17) is 16.3 Å². The molecule has 39 heavy (non-hydrogen) atoms. The number of nitrogens with one attached hydrogen (secondary N) is 1. The number of alkyl halides is 3. The van der Waals surface area contributed by atoms with E-state index in [9.17, 15) is 28.2 Å². The van der Waals surface area contributed by atoms with Crippen molar-refractivity contribution in [3.63, 3.8) is 0 Å². The number of β-amino-alcohol motifs (C(OH)–C–C–N with tert-alkyl or cyclic N) is 1. The summed E-state index contributed by atoms with van der Waals surface area (Å²) in [7, 11) is 0. The third-order valence-corrected chi connectivity index (χ3v) is 6.83. The summed E-state index contributed by atoms with van der Waals surface area (Å²) < 4.78 is 45.6. The molecule has 0 heterocycles. The Bertz CT molecular complexity index is 1310. The minimum absolute atomic E-state index is 0.0364. The molecular weight excluding hydrogens is 531 g/mol. The summed E-state index contributed by atoms with van der Waals surface area (Å²) in [6.45, 7) is 7.53. The molecule has 3 aromatic rings. The van der Waals surface area contributed by atoms with Crippen LogP contribution in [0, 0.1) is 6.92 Å². The van der Waals surface area contributed by atoms with Crippen LogP contribution >= 0.6 is 11.6 Å². The van der Waals surface area contributed by atoms with E-state index in [0.717, 1.165) is 22.8 Å². The van der Waals surface area contributed by atoms with Gasteiger partial charge < -0.3 is 20.3 Å². The number of hydrogen-bond acceptors (Lipinski definition) is 4. The molecule has 2 atom stereocenters. The highest BCUT2D eigenvalue weighted by Gasteiger charge is 2.33. The van der Waals surface area contributed by atoms with Crippen LogP contribution in [0.25, 0.3) is 11.1 Å². The number of carboxylic acids is 1. The Labute approximate surface area is 231 Å². The first kappa shape index (κ1) is 30.6. The van der Waals surface area contributed by atoms with E-state index in [2.05, 4.69) is 5.32 Å². The third kappa shape index (κ3) is 8.29. The van der Waals surface area contributed by atoms with Crippen LogP contribution in [0.5, 0.6) is 0 Å². The molecule has 0 aliphatic heterocycles. The maximum Gasteiger partial charge on any atom is 0.417 e. The van der Waals surface area contributed by atoms with Crippen molar-refractivity contribution in [2.45, 2.75) is 58.0 Å². The molecule has 0 aliphatic carbocycles. The Balaban J connectivity index is 1.60. The first-order valence-electron chi connectivity index (χ1n) is 12.5. The van der Waals surface area contributed by atoms with E-state index in [0.29, 0.717) is 17.5 Å². The molecular formula is C30H33ClF3NO4. The summed E-state index contributed by atoms with van der Waals surface area (Å²) in [5.41, 5.74) is 2.57. The lowest BCUT2D eigenvalue weighted by atomic mass is 9.93. The molecule has 0 aliphatic rings. The molecule has 5 nitrogen and oxygen atoms in total. The number of rotatable bonds is 11. The van der Waals surface area contributed by atoms with Crippen molar-refractivity contribution in [1.82, 2.24) is 5.32 Å². The van der Waals surface area contributed by atoms with Gasteiger partial charge in [-0.25, -0.2) is 4.79 Å². The lowest BCUT2D eigenvalue weighted by Gasteiger charge is -2.29. The Morgan fingerprint density at radius 1 is 1.08 bits per heavy atom. The van der Waals surface area contributed by atoms with Gasteiger partial charge in [-0.05, 0) is 80.1 Å². The fourth-order valence-electron chi connectivity index (χ4n) is 4.46. The van der Waals surface area contributed by atoms with Crippen LogP contribution < -0.4 is 5.32 Å². The molecule has 3 rings (SSSR count). The zero-order chi connectivity index (χ0) is 29.0. The van der Waals surface area contributed by atoms with E-state index in [1.807, 2.05) is 51.1 Å². The van der Waals surface area contributed by atoms with Crippen LogP contribution in [0.15, 0.2) is 60.7 Å². The van der Waals surface area contributed by atoms with Crippen LogP contribution in [0.2, 0.25) is 5.02 Å². The molecule has 1 unspecified atom stereocenters. The van der Waals surface area contributed by atoms with E-state index in [-0.39, 0.29) is 29.8 Å². The summed E-state index contributed by atoms with van der Waals surface area (Å²) in [4.78, 5) is 11.4. The average Bonchev–Trinajstić information content (AvgIpc) is 2.86. The number of aryl methyl sites for hydroxylation is 1. The van der Waals surface area contributed by atoms with Crippen molar-refractivity contribution < 1.29 is 32.9 Å². The zero-order valence-corrected chi connectivity index (χ0v) is 23.0. The maximum atomic E-state index is 13.2. The van der Waals surface area contributed by atoms with E-state index < -0.39 is 29.4 Å². The number of aliphatic hydroxyl groups excluding tert-OH is 1. The van der Waals surface area contributed by atoms with E-state index in [1.54, 1.807) is 25.1 Å². The second kappa shape index (κ2) is 12.5. The molecule has 0 fully saturated rings. The number of hydrogen-bond donors (Lipinski definition) is 3. The van der Waals surface area contributed by atoms with Crippen molar-refractivity contribution in [1.29, 1.82) is 0 Å². The van der Waals surface area contributed by atoms with Gasteiger partial charge in [-0.1, -0.05) is 54.1 Å². The Hall–Kier alpha value is -2.91. The Morgan fingerprint density at radius 2 is 1.77 bits per heavy atom. The summed E-state index contributed by atoms with van der Waals surface area (Å²) in [5.74, 6) is -0.978. The summed E-state index contributed by atoms with van der Waals surface area (Å²) in [5, 5.41) is 22.7. The number of ether oxygens (including phenoxy) is 1. The van der Waals surface area contributed by atoms with Crippen LogP contribution in [-0.2, 0) is 17.3 Å². The highest BCUT2D eigenvalue weighted by Crippen LogP contribution is 2.36. The number of benzene rings is 3. The highest BCUT2D eigenvalue weighted by atomic mass is 35.5. The van der Waals surface area contributed by atoms with Crippen LogP contribution in [0.4, 0.5) is 13.2 Å². The molecule has 0 amide bonds. The van der Waals surface area contributed by atoms with Crippen molar-refractivity contribution >= 4 is 17.6 Å². The van der Waals surface area contributed by atoms with E-state index in [1.165, 1.54) is 6.07 Å². The topological polar surface area (TPSA) is 78.8 Å². The van der Waals surface area contributed by atoms with Crippen LogP contribution in [0.1, 0.15) is 59.5 Å². The maximum absolute atomic E-state index is 13.2. The second-order valence-electron chi connectivity index (χ2n) is 10.3. The largest absolute Gasteiger partial charge is 0.478 e. The quantitative estimate of drug-likeness (QED) is 0.232. The number of aromatic carboxylic acids is 1. The minimum atomic E-state index is -4.53. The fraction of sp³-hybridized carbons (Fsp3) is 0.367. The summed E-state index contributed by atoms with van der Waals surface area (Å²) in [6, 6.07) is 16.7. The van der Waals surface area contributed by atoms with E-state index >= 15 is 0 Å². The molecule has 0 saturated carbocycles. The standard InChI is InChI=1S/C30H33ClF3NO4/c1-18-13-21(10-11-23(18)28(37)38)25-8-6-5-7-24(25)19(2)39-17-22(36)16-35-29(3,4)15-20-9-12-27(31)26(14-20)30(32,33)34/h5-14,19,22,35-36H,15-17H2,1-4H3,(H,37,38)/t19?,22-/m1/s1. The molecule has 3 aromatic carbocycles. The highest BCUT2D eigenvalue weighted by molar-refractivity contribution is 6.31. The van der Waals surface area contributed by atoms with Gasteiger partial charge in [-0.2, -0.15) is 13.2 Å². The summed E-state index contributed by atoms with van der Waals surface area (Å²) >= 11 is 5.72. The number of carboxylic acid groups (broad SMARTS) is 1. The van der Waals surface area contributed by atoms with Gasteiger partial charge in [0.05, 0.1) is 35.0 Å². The molecule has 3 N–H and O–H groups in total. The summed E-state index contributed by atoms with van der Waals surface area (Å²) in [6.07, 6.45) is -5.45. The Kier molecular flexibility index (Phi) is 9.83. The smallest absolute Gasteiger partial charge is 0.417 e. The van der Waals surface area contributed by atoms with Gasteiger partial charge in [0, 0.05) is 12.1 Å². The minimum Gasteiger partial charge on any atom is -0.478 e. The monoisotopic (exact) mass is 563 g/mol. The van der Waals surface area contributed by atoms with Crippen molar-refractivity contribution in [2.24, 2.45) is 0 Å². The van der Waals surface area contributed by atoms with Gasteiger partial charge >= 0.3 is 12.1 Å². The van der Waals surface area contributed by atoms with Gasteiger partial charge in [0.2, 0.25) is 0 Å². The van der Waals surface area contributed by atoms with Crippen LogP contribution in [0.3, 0.4) is 0 Å². The van der Waals surface area contributed by atoms with Crippen LogP contribution in [-0.4, -0.2) is 41.0 Å². The fourth-order valence-corrected chi connectivity index (χ4v) is 4.68. The van der Waals surface area contributed by atoms with Crippen molar-refractivity contribution in [2.75, 3.05) is 13.2 Å². The number of halogens is 4. The first-order valence-corrected chi connectivity index (χ1v) is 12.9. The van der Waals surface area contributed by atoms with Gasteiger partial charge in [0.1, 0.15) is 0 Å². The van der Waals surface area contributed by atoms with Crippen molar-refractivity contribution in [3.05, 3.63) is 93.5 Å². The average molecular weight is 564 g/mol. The van der Waals surface area contributed by atoms with Crippen molar-refractivity contribution in [3.8, 4) is 11.1 Å². The molecule has 9 heteroatoms. The SMILES string of the molecule is Cc1cc(-c2ccccc2C(C)OC[C@H](O)CNC(C)(C)Cc2ccc(Cl)c(C(F)(F)F)c2)ccc1C(=O)O. The molecule has 0 aromatic heterocycles. The van der Waals surface area contributed by atoms with Gasteiger partial charge in [-0.3, -0.25) is 0 Å². The third-order valence-electron chi connectivity index (χ3n) is 6.50. The number of carbonyl (C=O) groups is 1. The van der Waals surface area contributed by atoms with Gasteiger partial charge in [-0.15, -0.1) is 0 Å². The van der Waals surface area contributed by atoms with Gasteiger partial charge in [0.25, 0.3) is 0 Å². The predicted molar refractivity (Wildman–Crippen MR) is 146 cm³/mol. The van der Waals surface area contributed by atoms with Gasteiger partial charge in [0.15, 0.2) is 0 Å². The molecule has 0 saturated heterocycles. The molecule has 210 valence electrons. The lowest BCUT2D eigenvalue weighted by molar-refractivity contribution is -0.137. The Morgan fingerprint density at radius 3 is 2.41 bits per heavy atom. The molecule has 0 spiro atoms. The molecule has 0 bridgehead atoms. The second-order valence-corrected chi connectivity index (χ2v) is 10.7. The predicted octanol–water partition coefficient (Wildman–Crippen LogP) is 7.08. The zero-order valence-electron chi connectivity index (χ0n) is 22.3. The molecule has 0 radical (unpaired) electrons. The number of aliphatic hydroxyl groups is 1. The lowest BCUT2D eigenvalue weighted by Crippen LogP contribution is -2.46. The first-order chi connectivity index (χ1) is 18.2.